The maximum atomic E-state index is 11.8. The van der Waals surface area contributed by atoms with Crippen molar-refractivity contribution in [2.24, 2.45) is 0 Å². The number of benzene rings is 1. The quantitative estimate of drug-likeness (QED) is 0.575. The van der Waals surface area contributed by atoms with E-state index in [2.05, 4.69) is 0 Å². The van der Waals surface area contributed by atoms with Crippen LogP contribution in [-0.2, 0) is 4.79 Å². The molecule has 0 saturated heterocycles. The second-order valence-electron chi connectivity index (χ2n) is 4.60. The van der Waals surface area contributed by atoms with Crippen LogP contribution in [-0.4, -0.2) is 54.1 Å². The SMILES string of the molecule is O=C(/C=C/C=Cc1ccc2c(c1)OCO2)N(CCO)CCO. The number of amides is 1. The Hall–Kier alpha value is -2.31. The highest BCUT2D eigenvalue weighted by Gasteiger charge is 2.12. The molecule has 1 aliphatic heterocycles. The van der Waals surface area contributed by atoms with Gasteiger partial charge in [0.15, 0.2) is 11.5 Å². The molecule has 0 spiro atoms. The van der Waals surface area contributed by atoms with E-state index < -0.39 is 0 Å². The van der Waals surface area contributed by atoms with Gasteiger partial charge >= 0.3 is 0 Å². The molecule has 2 rings (SSSR count). The number of rotatable bonds is 7. The molecule has 2 N–H and O–H groups in total. The number of nitrogens with zero attached hydrogens (tertiary/aromatic N) is 1. The van der Waals surface area contributed by atoms with E-state index in [1.165, 1.54) is 11.0 Å². The third-order valence-corrected chi connectivity index (χ3v) is 3.09. The highest BCUT2D eigenvalue weighted by molar-refractivity contribution is 5.88. The molecule has 0 bridgehead atoms. The Labute approximate surface area is 128 Å². The lowest BCUT2D eigenvalue weighted by atomic mass is 10.2. The molecule has 1 aliphatic rings. The van der Waals surface area contributed by atoms with Crippen molar-refractivity contribution in [3.05, 3.63) is 42.0 Å². The van der Waals surface area contributed by atoms with Crippen molar-refractivity contribution in [1.82, 2.24) is 4.90 Å². The Morgan fingerprint density at radius 1 is 1.14 bits per heavy atom. The van der Waals surface area contributed by atoms with Gasteiger partial charge in [-0.3, -0.25) is 4.79 Å². The van der Waals surface area contributed by atoms with Crippen LogP contribution in [0.1, 0.15) is 5.56 Å². The minimum Gasteiger partial charge on any atom is -0.454 e. The van der Waals surface area contributed by atoms with Crippen LogP contribution in [0.2, 0.25) is 0 Å². The normalized spacial score (nSPS) is 13.2. The van der Waals surface area contributed by atoms with Gasteiger partial charge < -0.3 is 24.6 Å². The maximum Gasteiger partial charge on any atom is 0.246 e. The summed E-state index contributed by atoms with van der Waals surface area (Å²) in [7, 11) is 0. The van der Waals surface area contributed by atoms with Gasteiger partial charge in [-0.15, -0.1) is 0 Å². The third kappa shape index (κ3) is 4.34. The van der Waals surface area contributed by atoms with Gasteiger partial charge in [0.05, 0.1) is 13.2 Å². The number of hydrogen-bond donors (Lipinski definition) is 2. The van der Waals surface area contributed by atoms with Crippen molar-refractivity contribution in [2.75, 3.05) is 33.1 Å². The van der Waals surface area contributed by atoms with E-state index in [9.17, 15) is 4.79 Å². The van der Waals surface area contributed by atoms with Gasteiger partial charge in [0.1, 0.15) is 0 Å². The molecule has 6 heteroatoms. The highest BCUT2D eigenvalue weighted by Crippen LogP contribution is 2.32. The van der Waals surface area contributed by atoms with E-state index in [-0.39, 0.29) is 39.0 Å². The summed E-state index contributed by atoms with van der Waals surface area (Å²) in [6.07, 6.45) is 6.60. The van der Waals surface area contributed by atoms with Crippen LogP contribution in [0.4, 0.5) is 0 Å². The molecule has 0 saturated carbocycles. The summed E-state index contributed by atoms with van der Waals surface area (Å²) in [5.41, 5.74) is 0.934. The summed E-state index contributed by atoms with van der Waals surface area (Å²) in [5.74, 6) is 1.18. The number of allylic oxidation sites excluding steroid dienone is 2. The largest absolute Gasteiger partial charge is 0.454 e. The fourth-order valence-electron chi connectivity index (χ4n) is 2.00. The molecule has 118 valence electrons. The molecule has 0 atom stereocenters. The summed E-state index contributed by atoms with van der Waals surface area (Å²) < 4.78 is 10.5. The van der Waals surface area contributed by atoms with Crippen molar-refractivity contribution in [1.29, 1.82) is 0 Å². The highest BCUT2D eigenvalue weighted by atomic mass is 16.7. The van der Waals surface area contributed by atoms with Crippen LogP contribution in [0.5, 0.6) is 11.5 Å². The van der Waals surface area contributed by atoms with E-state index >= 15 is 0 Å². The van der Waals surface area contributed by atoms with Crippen LogP contribution < -0.4 is 9.47 Å². The molecule has 6 nitrogen and oxygen atoms in total. The van der Waals surface area contributed by atoms with Gasteiger partial charge in [-0.05, 0) is 17.7 Å². The zero-order valence-electron chi connectivity index (χ0n) is 12.1. The fraction of sp³-hybridized carbons (Fsp3) is 0.312. The first-order valence-corrected chi connectivity index (χ1v) is 6.99. The molecule has 1 heterocycles. The second-order valence-corrected chi connectivity index (χ2v) is 4.60. The van der Waals surface area contributed by atoms with Crippen molar-refractivity contribution in [2.45, 2.75) is 0 Å². The minimum atomic E-state index is -0.251. The molecule has 1 aromatic rings. The molecule has 0 aliphatic carbocycles. The van der Waals surface area contributed by atoms with Crippen LogP contribution in [0.3, 0.4) is 0 Å². The molecule has 22 heavy (non-hydrogen) atoms. The Morgan fingerprint density at radius 2 is 1.86 bits per heavy atom. The van der Waals surface area contributed by atoms with Crippen molar-refractivity contribution < 1.29 is 24.5 Å². The van der Waals surface area contributed by atoms with Crippen LogP contribution >= 0.6 is 0 Å². The molecule has 1 amide bonds. The molecular formula is C16H19NO5. The van der Waals surface area contributed by atoms with E-state index in [0.29, 0.717) is 5.75 Å². The number of fused-ring (bicyclic) bond motifs is 1. The van der Waals surface area contributed by atoms with Gasteiger partial charge in [-0.25, -0.2) is 0 Å². The summed E-state index contributed by atoms with van der Waals surface area (Å²) in [6.45, 7) is 0.382. The van der Waals surface area contributed by atoms with Gasteiger partial charge in [-0.1, -0.05) is 24.3 Å². The standard InChI is InChI=1S/C16H19NO5/c18-9-7-17(8-10-19)16(20)4-2-1-3-13-5-6-14-15(11-13)22-12-21-14/h1-6,11,18-19H,7-10,12H2/b3-1?,4-2+. The van der Waals surface area contributed by atoms with E-state index in [1.54, 1.807) is 12.2 Å². The Morgan fingerprint density at radius 3 is 2.59 bits per heavy atom. The number of carbonyl (C=O) groups is 1. The number of aliphatic hydroxyl groups excluding tert-OH is 2. The van der Waals surface area contributed by atoms with Crippen molar-refractivity contribution >= 4 is 12.0 Å². The van der Waals surface area contributed by atoms with E-state index in [4.69, 9.17) is 19.7 Å². The summed E-state index contributed by atoms with van der Waals surface area (Å²) >= 11 is 0. The zero-order chi connectivity index (χ0) is 15.8. The molecule has 0 unspecified atom stereocenters. The predicted octanol–water partition coefficient (Wildman–Crippen LogP) is 0.798. The predicted molar refractivity (Wildman–Crippen MR) is 81.5 cm³/mol. The molecule has 1 aromatic carbocycles. The molecule has 0 fully saturated rings. The summed E-state index contributed by atoms with van der Waals surface area (Å²) in [6, 6.07) is 5.59. The van der Waals surface area contributed by atoms with Crippen LogP contribution in [0.25, 0.3) is 6.08 Å². The average molecular weight is 305 g/mol. The number of aliphatic hydroxyl groups is 2. The maximum absolute atomic E-state index is 11.8. The fourth-order valence-corrected chi connectivity index (χ4v) is 2.00. The first-order chi connectivity index (χ1) is 10.7. The topological polar surface area (TPSA) is 79.2 Å². The monoisotopic (exact) mass is 305 g/mol. The van der Waals surface area contributed by atoms with Crippen molar-refractivity contribution in [3.63, 3.8) is 0 Å². The number of hydrogen-bond acceptors (Lipinski definition) is 5. The van der Waals surface area contributed by atoms with E-state index in [1.807, 2.05) is 24.3 Å². The third-order valence-electron chi connectivity index (χ3n) is 3.09. The second kappa shape index (κ2) is 8.21. The van der Waals surface area contributed by atoms with Gasteiger partial charge in [0.2, 0.25) is 12.7 Å². The Kier molecular flexibility index (Phi) is 6.00. The Bertz CT molecular complexity index is 562. The van der Waals surface area contributed by atoms with Gasteiger partial charge in [-0.2, -0.15) is 0 Å². The van der Waals surface area contributed by atoms with Gasteiger partial charge in [0.25, 0.3) is 0 Å². The number of carbonyl (C=O) groups excluding carboxylic acids is 1. The van der Waals surface area contributed by atoms with Crippen molar-refractivity contribution in [3.8, 4) is 11.5 Å². The lowest BCUT2D eigenvalue weighted by Crippen LogP contribution is -2.34. The minimum absolute atomic E-state index is 0.132. The van der Waals surface area contributed by atoms with Crippen LogP contribution in [0, 0.1) is 0 Å². The molecule has 0 aromatic heterocycles. The lowest BCUT2D eigenvalue weighted by molar-refractivity contribution is -0.127. The zero-order valence-corrected chi connectivity index (χ0v) is 12.1. The first kappa shape index (κ1) is 16.1. The Balaban J connectivity index is 1.92. The molecule has 0 radical (unpaired) electrons. The summed E-state index contributed by atoms with van der Waals surface area (Å²) in [5, 5.41) is 17.7. The van der Waals surface area contributed by atoms with E-state index in [0.717, 1.165) is 11.3 Å². The number of ether oxygens (including phenoxy) is 2. The van der Waals surface area contributed by atoms with Gasteiger partial charge in [0, 0.05) is 19.2 Å². The lowest BCUT2D eigenvalue weighted by Gasteiger charge is -2.18. The first-order valence-electron chi connectivity index (χ1n) is 6.99. The molecular weight excluding hydrogens is 286 g/mol. The smallest absolute Gasteiger partial charge is 0.246 e. The summed E-state index contributed by atoms with van der Waals surface area (Å²) in [4.78, 5) is 13.2. The average Bonchev–Trinajstić information content (AvgIpc) is 2.98. The van der Waals surface area contributed by atoms with Crippen LogP contribution in [0.15, 0.2) is 36.4 Å².